The highest BCUT2D eigenvalue weighted by Gasteiger charge is 2.23. The van der Waals surface area contributed by atoms with Gasteiger partial charge in [-0.05, 0) is 36.5 Å². The topological polar surface area (TPSA) is 49.5 Å². The van der Waals surface area contributed by atoms with Crippen molar-refractivity contribution < 1.29 is 5.11 Å². The van der Waals surface area contributed by atoms with Gasteiger partial charge in [-0.1, -0.05) is 12.1 Å². The van der Waals surface area contributed by atoms with E-state index in [1.165, 1.54) is 12.8 Å². The number of hydrogen-bond acceptors (Lipinski definition) is 3. The molecule has 0 amide bonds. The lowest BCUT2D eigenvalue weighted by Gasteiger charge is -2.21. The second kappa shape index (κ2) is 5.32. The van der Waals surface area contributed by atoms with Gasteiger partial charge in [-0.2, -0.15) is 0 Å². The van der Waals surface area contributed by atoms with Gasteiger partial charge in [0.25, 0.3) is 0 Å². The molecule has 16 heavy (non-hydrogen) atoms. The maximum absolute atomic E-state index is 9.41. The van der Waals surface area contributed by atoms with Crippen LogP contribution in [0.2, 0.25) is 0 Å². The van der Waals surface area contributed by atoms with Gasteiger partial charge < -0.3 is 10.8 Å². The zero-order valence-corrected chi connectivity index (χ0v) is 9.60. The largest absolute Gasteiger partial charge is 0.508 e. The predicted molar refractivity (Wildman–Crippen MR) is 65.2 cm³/mol. The summed E-state index contributed by atoms with van der Waals surface area (Å²) in [6.07, 6.45) is 2.72. The minimum Gasteiger partial charge on any atom is -0.508 e. The molecule has 1 fully saturated rings. The van der Waals surface area contributed by atoms with Gasteiger partial charge in [0, 0.05) is 26.2 Å². The van der Waals surface area contributed by atoms with E-state index in [1.54, 1.807) is 6.07 Å². The molecule has 0 aliphatic heterocycles. The van der Waals surface area contributed by atoms with Crippen LogP contribution in [0.25, 0.3) is 0 Å². The van der Waals surface area contributed by atoms with Gasteiger partial charge in [-0.15, -0.1) is 0 Å². The summed E-state index contributed by atoms with van der Waals surface area (Å²) in [5.74, 6) is 1.22. The third-order valence-corrected chi connectivity index (χ3v) is 2.98. The monoisotopic (exact) mass is 220 g/mol. The van der Waals surface area contributed by atoms with Crippen molar-refractivity contribution in [2.75, 3.05) is 19.6 Å². The Balaban J connectivity index is 1.92. The van der Waals surface area contributed by atoms with Crippen LogP contribution in [0.3, 0.4) is 0 Å². The van der Waals surface area contributed by atoms with E-state index in [0.29, 0.717) is 12.3 Å². The molecule has 0 unspecified atom stereocenters. The van der Waals surface area contributed by atoms with E-state index in [9.17, 15) is 5.11 Å². The smallest absolute Gasteiger partial charge is 0.115 e. The van der Waals surface area contributed by atoms with Crippen molar-refractivity contribution in [3.63, 3.8) is 0 Å². The van der Waals surface area contributed by atoms with Crippen molar-refractivity contribution in [1.82, 2.24) is 4.90 Å². The van der Waals surface area contributed by atoms with E-state index in [0.717, 1.165) is 31.1 Å². The molecule has 1 aromatic carbocycles. The fourth-order valence-electron chi connectivity index (χ4n) is 2.00. The van der Waals surface area contributed by atoms with Crippen molar-refractivity contribution in [3.8, 4) is 5.75 Å². The molecule has 0 bridgehead atoms. The van der Waals surface area contributed by atoms with E-state index in [4.69, 9.17) is 5.73 Å². The zero-order valence-electron chi connectivity index (χ0n) is 9.60. The maximum atomic E-state index is 9.41. The predicted octanol–water partition coefficient (Wildman–Crippen LogP) is 1.56. The molecule has 0 atom stereocenters. The standard InChI is InChI=1S/C13H20N2O/c14-6-7-15(9-11-4-5-11)10-12-2-1-3-13(16)8-12/h1-3,8,11,16H,4-7,9-10,14H2. The fraction of sp³-hybridized carbons (Fsp3) is 0.538. The van der Waals surface area contributed by atoms with E-state index in [2.05, 4.69) is 11.0 Å². The fourth-order valence-corrected chi connectivity index (χ4v) is 2.00. The highest BCUT2D eigenvalue weighted by atomic mass is 16.3. The number of phenolic OH excluding ortho intramolecular Hbond substituents is 1. The Morgan fingerprint density at radius 3 is 2.81 bits per heavy atom. The Bertz CT molecular complexity index is 336. The first-order valence-electron chi connectivity index (χ1n) is 5.98. The highest BCUT2D eigenvalue weighted by molar-refractivity contribution is 5.27. The van der Waals surface area contributed by atoms with Crippen molar-refractivity contribution >= 4 is 0 Å². The minimum atomic E-state index is 0.344. The van der Waals surface area contributed by atoms with Crippen molar-refractivity contribution in [2.45, 2.75) is 19.4 Å². The summed E-state index contributed by atoms with van der Waals surface area (Å²) >= 11 is 0. The van der Waals surface area contributed by atoms with E-state index in [-0.39, 0.29) is 0 Å². The summed E-state index contributed by atoms with van der Waals surface area (Å²) in [6, 6.07) is 7.48. The highest BCUT2D eigenvalue weighted by Crippen LogP contribution is 2.30. The van der Waals surface area contributed by atoms with Crippen LogP contribution in [-0.2, 0) is 6.54 Å². The van der Waals surface area contributed by atoms with Gasteiger partial charge in [0.2, 0.25) is 0 Å². The lowest BCUT2D eigenvalue weighted by molar-refractivity contribution is 0.261. The average Bonchev–Trinajstić information content (AvgIpc) is 3.02. The molecule has 1 aliphatic carbocycles. The average molecular weight is 220 g/mol. The first kappa shape index (κ1) is 11.4. The molecule has 0 spiro atoms. The number of phenols is 1. The van der Waals surface area contributed by atoms with Gasteiger partial charge in [0.15, 0.2) is 0 Å². The second-order valence-corrected chi connectivity index (χ2v) is 4.64. The van der Waals surface area contributed by atoms with Crippen LogP contribution in [0.15, 0.2) is 24.3 Å². The normalized spacial score (nSPS) is 15.6. The Kier molecular flexibility index (Phi) is 3.80. The SMILES string of the molecule is NCCN(Cc1cccc(O)c1)CC1CC1. The van der Waals surface area contributed by atoms with Crippen LogP contribution in [0.4, 0.5) is 0 Å². The molecule has 1 aliphatic rings. The molecule has 1 saturated carbocycles. The molecule has 3 heteroatoms. The Hall–Kier alpha value is -1.06. The third-order valence-electron chi connectivity index (χ3n) is 2.98. The van der Waals surface area contributed by atoms with Crippen LogP contribution in [-0.4, -0.2) is 29.6 Å². The van der Waals surface area contributed by atoms with Crippen LogP contribution < -0.4 is 5.73 Å². The molecule has 0 radical (unpaired) electrons. The number of aromatic hydroxyl groups is 1. The number of benzene rings is 1. The van der Waals surface area contributed by atoms with E-state index < -0.39 is 0 Å². The molecule has 0 heterocycles. The molecular weight excluding hydrogens is 200 g/mol. The van der Waals surface area contributed by atoms with Crippen LogP contribution in [0, 0.1) is 5.92 Å². The maximum Gasteiger partial charge on any atom is 0.115 e. The van der Waals surface area contributed by atoms with Gasteiger partial charge in [0.05, 0.1) is 0 Å². The minimum absolute atomic E-state index is 0.344. The number of rotatable bonds is 6. The lowest BCUT2D eigenvalue weighted by atomic mass is 10.2. The molecule has 88 valence electrons. The molecule has 3 nitrogen and oxygen atoms in total. The lowest BCUT2D eigenvalue weighted by Crippen LogP contribution is -2.30. The van der Waals surface area contributed by atoms with Crippen LogP contribution in [0.5, 0.6) is 5.75 Å². The zero-order chi connectivity index (χ0) is 11.4. The third kappa shape index (κ3) is 3.51. The molecule has 2 rings (SSSR count). The van der Waals surface area contributed by atoms with Crippen molar-refractivity contribution in [1.29, 1.82) is 0 Å². The first-order chi connectivity index (χ1) is 7.78. The molecular formula is C13H20N2O. The van der Waals surface area contributed by atoms with Gasteiger partial charge in [-0.25, -0.2) is 0 Å². The summed E-state index contributed by atoms with van der Waals surface area (Å²) < 4.78 is 0. The van der Waals surface area contributed by atoms with Crippen LogP contribution >= 0.6 is 0 Å². The van der Waals surface area contributed by atoms with Gasteiger partial charge in [-0.3, -0.25) is 4.90 Å². The van der Waals surface area contributed by atoms with E-state index in [1.807, 2.05) is 12.1 Å². The summed E-state index contributed by atoms with van der Waals surface area (Å²) in [7, 11) is 0. The second-order valence-electron chi connectivity index (χ2n) is 4.64. The van der Waals surface area contributed by atoms with Crippen LogP contribution in [0.1, 0.15) is 18.4 Å². The summed E-state index contributed by atoms with van der Waals surface area (Å²) in [4.78, 5) is 2.38. The molecule has 1 aromatic rings. The van der Waals surface area contributed by atoms with Gasteiger partial charge in [0.1, 0.15) is 5.75 Å². The molecule has 0 saturated heterocycles. The molecule has 3 N–H and O–H groups in total. The van der Waals surface area contributed by atoms with Crippen molar-refractivity contribution in [3.05, 3.63) is 29.8 Å². The summed E-state index contributed by atoms with van der Waals surface area (Å²) in [6.45, 7) is 3.67. The Morgan fingerprint density at radius 1 is 1.38 bits per heavy atom. The quantitative estimate of drug-likeness (QED) is 0.765. The molecule has 0 aromatic heterocycles. The number of hydrogen-bond donors (Lipinski definition) is 2. The summed E-state index contributed by atoms with van der Waals surface area (Å²) in [5.41, 5.74) is 6.78. The van der Waals surface area contributed by atoms with E-state index >= 15 is 0 Å². The number of nitrogens with two attached hydrogens (primary N) is 1. The first-order valence-corrected chi connectivity index (χ1v) is 5.98. The van der Waals surface area contributed by atoms with Gasteiger partial charge >= 0.3 is 0 Å². The Labute approximate surface area is 96.9 Å². The number of nitrogens with zero attached hydrogens (tertiary/aromatic N) is 1. The van der Waals surface area contributed by atoms with Crippen molar-refractivity contribution in [2.24, 2.45) is 11.7 Å². The summed E-state index contributed by atoms with van der Waals surface area (Å²) in [5, 5.41) is 9.41. The Morgan fingerprint density at radius 2 is 2.19 bits per heavy atom.